The van der Waals surface area contributed by atoms with Crippen LogP contribution in [0.1, 0.15) is 22.7 Å². The first-order valence-corrected chi connectivity index (χ1v) is 4.97. The van der Waals surface area contributed by atoms with E-state index in [1.807, 2.05) is 0 Å². The van der Waals surface area contributed by atoms with Crippen LogP contribution in [0.25, 0.3) is 0 Å². The number of nitrogens with two attached hydrogens (primary N) is 1. The number of nitrogens with zero attached hydrogens (tertiary/aromatic N) is 1. The molecule has 0 aliphatic carbocycles. The van der Waals surface area contributed by atoms with Crippen LogP contribution in [0, 0.1) is 6.92 Å². The summed E-state index contributed by atoms with van der Waals surface area (Å²) < 4.78 is 5.18. The number of rotatable bonds is 3. The van der Waals surface area contributed by atoms with Crippen molar-refractivity contribution in [2.45, 2.75) is 19.9 Å². The zero-order chi connectivity index (χ0) is 10.7. The zero-order valence-corrected chi connectivity index (χ0v) is 8.73. The average Bonchev–Trinajstić information content (AvgIpc) is 2.65. The number of aryl methyl sites for hydroxylation is 1. The van der Waals surface area contributed by atoms with Crippen molar-refractivity contribution in [3.8, 4) is 0 Å². The molecule has 0 saturated carbocycles. The van der Waals surface area contributed by atoms with Gasteiger partial charge in [0.2, 0.25) is 5.89 Å². The van der Waals surface area contributed by atoms with Gasteiger partial charge < -0.3 is 10.2 Å². The molecule has 1 heterocycles. The molecule has 1 aromatic carbocycles. The van der Waals surface area contributed by atoms with Crippen molar-refractivity contribution in [1.29, 1.82) is 0 Å². The first-order valence-electron chi connectivity index (χ1n) is 4.97. The van der Waals surface area contributed by atoms with Gasteiger partial charge in [-0.3, -0.25) is 0 Å². The van der Waals surface area contributed by atoms with E-state index >= 15 is 0 Å². The molecule has 2 N–H and O–H groups in total. The molecule has 0 amide bonds. The maximum Gasteiger partial charge on any atom is 0.207 e. The summed E-state index contributed by atoms with van der Waals surface area (Å²) in [6, 6.07) is 8.37. The molecule has 3 nitrogen and oxygen atoms in total. The van der Waals surface area contributed by atoms with Crippen LogP contribution in [-0.2, 0) is 13.0 Å². The lowest BCUT2D eigenvalue weighted by Crippen LogP contribution is -1.97. The summed E-state index contributed by atoms with van der Waals surface area (Å²) in [5, 5.41) is 0. The van der Waals surface area contributed by atoms with Crippen LogP contribution >= 0.6 is 0 Å². The summed E-state index contributed by atoms with van der Waals surface area (Å²) in [5.74, 6) is 0.595. The van der Waals surface area contributed by atoms with Crippen molar-refractivity contribution in [3.05, 3.63) is 53.2 Å². The smallest absolute Gasteiger partial charge is 0.207 e. The number of oxazole rings is 1. The second-order valence-electron chi connectivity index (χ2n) is 3.60. The van der Waals surface area contributed by atoms with Crippen LogP contribution in [0.5, 0.6) is 0 Å². The normalized spacial score (nSPS) is 10.5. The predicted molar refractivity (Wildman–Crippen MR) is 58.4 cm³/mol. The maximum atomic E-state index is 5.42. The molecule has 15 heavy (non-hydrogen) atoms. The van der Waals surface area contributed by atoms with Crippen LogP contribution < -0.4 is 5.73 Å². The highest BCUT2D eigenvalue weighted by molar-refractivity contribution is 5.25. The summed E-state index contributed by atoms with van der Waals surface area (Å²) in [4.78, 5) is 4.26. The lowest BCUT2D eigenvalue weighted by atomic mass is 10.1. The van der Waals surface area contributed by atoms with Gasteiger partial charge in [-0.2, -0.15) is 0 Å². The van der Waals surface area contributed by atoms with Gasteiger partial charge in [-0.25, -0.2) is 4.98 Å². The zero-order valence-electron chi connectivity index (χ0n) is 8.73. The molecule has 0 unspecified atom stereocenters. The first kappa shape index (κ1) is 9.93. The summed E-state index contributed by atoms with van der Waals surface area (Å²) in [5.41, 5.74) is 8.86. The van der Waals surface area contributed by atoms with Gasteiger partial charge in [0, 0.05) is 6.42 Å². The van der Waals surface area contributed by atoms with E-state index in [1.165, 1.54) is 11.1 Å². The molecule has 0 spiro atoms. The summed E-state index contributed by atoms with van der Waals surface area (Å²) >= 11 is 0. The van der Waals surface area contributed by atoms with Crippen LogP contribution in [-0.4, -0.2) is 4.98 Å². The topological polar surface area (TPSA) is 52.0 Å². The number of hydrogen-bond donors (Lipinski definition) is 1. The number of benzene rings is 1. The Labute approximate surface area is 88.9 Å². The summed E-state index contributed by atoms with van der Waals surface area (Å²) in [6.45, 7) is 2.44. The van der Waals surface area contributed by atoms with Gasteiger partial charge >= 0.3 is 0 Å². The minimum absolute atomic E-state index is 0.355. The molecule has 2 rings (SSSR count). The highest BCUT2D eigenvalue weighted by atomic mass is 16.3. The summed E-state index contributed by atoms with van der Waals surface area (Å²) in [6.07, 6.45) is 2.47. The van der Waals surface area contributed by atoms with Crippen molar-refractivity contribution in [2.75, 3.05) is 0 Å². The number of aromatic nitrogens is 1. The van der Waals surface area contributed by atoms with Gasteiger partial charge in [-0.15, -0.1) is 0 Å². The fourth-order valence-electron chi connectivity index (χ4n) is 1.56. The second-order valence-corrected chi connectivity index (χ2v) is 3.60. The lowest BCUT2D eigenvalue weighted by molar-refractivity contribution is 0.497. The Morgan fingerprint density at radius 3 is 2.93 bits per heavy atom. The highest BCUT2D eigenvalue weighted by Gasteiger charge is 2.03. The Balaban J connectivity index is 2.14. The Kier molecular flexibility index (Phi) is 2.83. The van der Waals surface area contributed by atoms with Gasteiger partial charge in [0.1, 0.15) is 6.26 Å². The Morgan fingerprint density at radius 1 is 1.40 bits per heavy atom. The van der Waals surface area contributed by atoms with Crippen LogP contribution in [0.3, 0.4) is 0 Å². The van der Waals surface area contributed by atoms with Crippen LogP contribution in [0.15, 0.2) is 34.9 Å². The largest absolute Gasteiger partial charge is 0.447 e. The molecule has 0 fully saturated rings. The maximum absolute atomic E-state index is 5.42. The highest BCUT2D eigenvalue weighted by Crippen LogP contribution is 2.10. The molecule has 0 aliphatic rings. The van der Waals surface area contributed by atoms with E-state index in [0.717, 1.165) is 12.1 Å². The molecule has 78 valence electrons. The standard InChI is InChI=1S/C12H14N2O/c1-9-3-2-4-10(5-9)6-11-8-15-12(7-13)14-11/h2-5,8H,6-7,13H2,1H3. The minimum Gasteiger partial charge on any atom is -0.447 e. The van der Waals surface area contributed by atoms with E-state index in [9.17, 15) is 0 Å². The van der Waals surface area contributed by atoms with Gasteiger partial charge in [-0.1, -0.05) is 29.8 Å². The Morgan fingerprint density at radius 2 is 2.27 bits per heavy atom. The van der Waals surface area contributed by atoms with Crippen molar-refractivity contribution in [1.82, 2.24) is 4.98 Å². The van der Waals surface area contributed by atoms with Gasteiger partial charge in [0.15, 0.2) is 0 Å². The molecule has 0 radical (unpaired) electrons. The van der Waals surface area contributed by atoms with Gasteiger partial charge in [0.05, 0.1) is 12.2 Å². The Bertz CT molecular complexity index is 448. The van der Waals surface area contributed by atoms with Crippen molar-refractivity contribution in [3.63, 3.8) is 0 Å². The van der Waals surface area contributed by atoms with Gasteiger partial charge in [-0.05, 0) is 12.5 Å². The van der Waals surface area contributed by atoms with E-state index in [1.54, 1.807) is 6.26 Å². The van der Waals surface area contributed by atoms with E-state index in [-0.39, 0.29) is 0 Å². The van der Waals surface area contributed by atoms with E-state index in [0.29, 0.717) is 12.4 Å². The van der Waals surface area contributed by atoms with E-state index < -0.39 is 0 Å². The van der Waals surface area contributed by atoms with Crippen molar-refractivity contribution < 1.29 is 4.42 Å². The molecule has 0 atom stereocenters. The third kappa shape index (κ3) is 2.44. The quantitative estimate of drug-likeness (QED) is 0.828. The van der Waals surface area contributed by atoms with Crippen LogP contribution in [0.2, 0.25) is 0 Å². The molecule has 0 saturated heterocycles. The SMILES string of the molecule is Cc1cccc(Cc2coc(CN)n2)c1. The third-order valence-corrected chi connectivity index (χ3v) is 2.24. The summed E-state index contributed by atoms with van der Waals surface area (Å²) in [7, 11) is 0. The average molecular weight is 202 g/mol. The molecule has 1 aromatic heterocycles. The predicted octanol–water partition coefficient (Wildman–Crippen LogP) is 2.03. The van der Waals surface area contributed by atoms with Crippen molar-refractivity contribution in [2.24, 2.45) is 5.73 Å². The minimum atomic E-state index is 0.355. The van der Waals surface area contributed by atoms with Crippen molar-refractivity contribution >= 4 is 0 Å². The first-order chi connectivity index (χ1) is 7.28. The molecular formula is C12H14N2O. The van der Waals surface area contributed by atoms with E-state index in [4.69, 9.17) is 10.2 Å². The Hall–Kier alpha value is -1.61. The van der Waals surface area contributed by atoms with E-state index in [2.05, 4.69) is 36.2 Å². The molecule has 0 aliphatic heterocycles. The lowest BCUT2D eigenvalue weighted by Gasteiger charge is -1.98. The second kappa shape index (κ2) is 4.28. The molecule has 2 aromatic rings. The number of hydrogen-bond acceptors (Lipinski definition) is 3. The monoisotopic (exact) mass is 202 g/mol. The fraction of sp³-hybridized carbons (Fsp3) is 0.250. The molecule has 0 bridgehead atoms. The molecular weight excluding hydrogens is 188 g/mol. The fourth-order valence-corrected chi connectivity index (χ4v) is 1.56. The third-order valence-electron chi connectivity index (χ3n) is 2.24. The molecule has 3 heteroatoms. The van der Waals surface area contributed by atoms with Crippen LogP contribution in [0.4, 0.5) is 0 Å². The van der Waals surface area contributed by atoms with Gasteiger partial charge in [0.25, 0.3) is 0 Å².